The Morgan fingerprint density at radius 3 is 2.32 bits per heavy atom. The van der Waals surface area contributed by atoms with Gasteiger partial charge >= 0.3 is 0 Å². The van der Waals surface area contributed by atoms with Crippen LogP contribution in [0, 0.1) is 29.4 Å². The number of rotatable bonds is 3. The Morgan fingerprint density at radius 2 is 1.73 bits per heavy atom. The first-order valence-corrected chi connectivity index (χ1v) is 8.44. The van der Waals surface area contributed by atoms with Crippen LogP contribution < -0.4 is 0 Å². The summed E-state index contributed by atoms with van der Waals surface area (Å²) >= 11 is 0. The molecular weight excluding hydrogens is 278 g/mol. The van der Waals surface area contributed by atoms with E-state index in [0.717, 1.165) is 30.2 Å². The number of allylic oxidation sites excluding steroid dienone is 3. The van der Waals surface area contributed by atoms with E-state index in [9.17, 15) is 8.78 Å². The summed E-state index contributed by atoms with van der Waals surface area (Å²) in [5.74, 6) is 0.798. The minimum atomic E-state index is -0.767. The van der Waals surface area contributed by atoms with Crippen molar-refractivity contribution in [1.29, 1.82) is 0 Å². The van der Waals surface area contributed by atoms with Crippen LogP contribution in [0.5, 0.6) is 0 Å². The van der Waals surface area contributed by atoms with Crippen LogP contribution in [-0.2, 0) is 0 Å². The highest BCUT2D eigenvalue weighted by Gasteiger charge is 2.28. The molecule has 1 aromatic carbocycles. The molecule has 0 saturated heterocycles. The van der Waals surface area contributed by atoms with E-state index < -0.39 is 11.6 Å². The van der Waals surface area contributed by atoms with Crippen LogP contribution in [0.15, 0.2) is 36.9 Å². The fourth-order valence-corrected chi connectivity index (χ4v) is 4.09. The van der Waals surface area contributed by atoms with Gasteiger partial charge in [0, 0.05) is 0 Å². The molecule has 0 aliphatic heterocycles. The van der Waals surface area contributed by atoms with Crippen molar-refractivity contribution in [1.82, 2.24) is 0 Å². The van der Waals surface area contributed by atoms with Gasteiger partial charge in [-0.15, -0.1) is 6.58 Å². The molecule has 1 aromatic rings. The van der Waals surface area contributed by atoms with Crippen LogP contribution in [0.1, 0.15) is 50.5 Å². The molecule has 0 bridgehead atoms. The summed E-state index contributed by atoms with van der Waals surface area (Å²) in [5, 5.41) is 0. The summed E-state index contributed by atoms with van der Waals surface area (Å²) in [6.07, 6.45) is 12.8. The van der Waals surface area contributed by atoms with Gasteiger partial charge in [0.25, 0.3) is 0 Å². The van der Waals surface area contributed by atoms with Crippen LogP contribution in [-0.4, -0.2) is 0 Å². The molecule has 118 valence electrons. The molecule has 0 nitrogen and oxygen atoms in total. The van der Waals surface area contributed by atoms with E-state index >= 15 is 0 Å². The molecule has 0 radical (unpaired) electrons. The average molecular weight is 302 g/mol. The Kier molecular flexibility index (Phi) is 4.75. The van der Waals surface area contributed by atoms with Gasteiger partial charge < -0.3 is 0 Å². The second kappa shape index (κ2) is 6.76. The van der Waals surface area contributed by atoms with Gasteiger partial charge in [0.15, 0.2) is 11.6 Å². The van der Waals surface area contributed by atoms with Crippen molar-refractivity contribution in [2.24, 2.45) is 17.8 Å². The van der Waals surface area contributed by atoms with Gasteiger partial charge in [-0.25, -0.2) is 8.78 Å². The number of halogens is 2. The molecule has 2 aliphatic carbocycles. The summed E-state index contributed by atoms with van der Waals surface area (Å²) in [5.41, 5.74) is 2.02. The molecule has 22 heavy (non-hydrogen) atoms. The van der Waals surface area contributed by atoms with Crippen molar-refractivity contribution in [2.45, 2.75) is 44.9 Å². The monoisotopic (exact) mass is 302 g/mol. The molecule has 1 saturated carbocycles. The lowest BCUT2D eigenvalue weighted by Gasteiger charge is -2.34. The third-order valence-electron chi connectivity index (χ3n) is 5.56. The SMILES string of the molecule is C=CC1CCC(C2CC=C(c3ccc(F)c(F)c3)CC2)CC1. The summed E-state index contributed by atoms with van der Waals surface area (Å²) in [4.78, 5) is 0. The summed E-state index contributed by atoms with van der Waals surface area (Å²) in [6.45, 7) is 3.91. The van der Waals surface area contributed by atoms with Crippen molar-refractivity contribution in [3.05, 3.63) is 54.1 Å². The Balaban J connectivity index is 1.62. The fraction of sp³-hybridized carbons (Fsp3) is 0.500. The molecular formula is C20H24F2. The third-order valence-corrected chi connectivity index (χ3v) is 5.56. The van der Waals surface area contributed by atoms with Gasteiger partial charge in [0.2, 0.25) is 0 Å². The fourth-order valence-electron chi connectivity index (χ4n) is 4.09. The number of benzene rings is 1. The highest BCUT2D eigenvalue weighted by Crippen LogP contribution is 2.41. The molecule has 0 amide bonds. The molecule has 2 aliphatic rings. The van der Waals surface area contributed by atoms with Gasteiger partial charge in [0.05, 0.1) is 0 Å². The molecule has 0 N–H and O–H groups in total. The van der Waals surface area contributed by atoms with Crippen molar-refractivity contribution in [3.63, 3.8) is 0 Å². The number of hydrogen-bond donors (Lipinski definition) is 0. The third kappa shape index (κ3) is 3.31. The maximum absolute atomic E-state index is 13.4. The smallest absolute Gasteiger partial charge is 0.159 e. The topological polar surface area (TPSA) is 0 Å². The zero-order valence-electron chi connectivity index (χ0n) is 13.0. The largest absolute Gasteiger partial charge is 0.204 e. The Labute approximate surface area is 131 Å². The molecule has 3 rings (SSSR count). The van der Waals surface area contributed by atoms with Crippen LogP contribution in [0.2, 0.25) is 0 Å². The maximum Gasteiger partial charge on any atom is 0.159 e. The van der Waals surface area contributed by atoms with E-state index in [1.165, 1.54) is 49.8 Å². The lowest BCUT2D eigenvalue weighted by molar-refractivity contribution is 0.212. The Morgan fingerprint density at radius 1 is 0.955 bits per heavy atom. The first kappa shape index (κ1) is 15.5. The van der Waals surface area contributed by atoms with E-state index in [4.69, 9.17) is 0 Å². The van der Waals surface area contributed by atoms with Gasteiger partial charge in [0.1, 0.15) is 0 Å². The normalized spacial score (nSPS) is 29.0. The first-order chi connectivity index (χ1) is 10.7. The van der Waals surface area contributed by atoms with Crippen molar-refractivity contribution in [3.8, 4) is 0 Å². The standard InChI is InChI=1S/C20H24F2/c1-2-14-3-5-15(6-4-14)16-7-9-17(10-8-16)18-11-12-19(21)20(22)13-18/h2,9,11-16H,1,3-8,10H2. The van der Waals surface area contributed by atoms with Crippen LogP contribution in [0.25, 0.3) is 5.57 Å². The maximum atomic E-state index is 13.4. The highest BCUT2D eigenvalue weighted by atomic mass is 19.2. The van der Waals surface area contributed by atoms with Crippen LogP contribution in [0.4, 0.5) is 8.78 Å². The molecule has 0 aromatic heterocycles. The van der Waals surface area contributed by atoms with Crippen LogP contribution >= 0.6 is 0 Å². The van der Waals surface area contributed by atoms with Crippen molar-refractivity contribution < 1.29 is 8.78 Å². The quantitative estimate of drug-likeness (QED) is 0.588. The zero-order valence-corrected chi connectivity index (χ0v) is 13.0. The molecule has 2 heteroatoms. The first-order valence-electron chi connectivity index (χ1n) is 8.44. The van der Waals surface area contributed by atoms with Gasteiger partial charge in [-0.1, -0.05) is 18.2 Å². The van der Waals surface area contributed by atoms with E-state index in [1.54, 1.807) is 6.07 Å². The second-order valence-corrected chi connectivity index (χ2v) is 6.80. The Bertz CT molecular complexity index is 565. The van der Waals surface area contributed by atoms with Gasteiger partial charge in [-0.05, 0) is 86.0 Å². The van der Waals surface area contributed by atoms with E-state index in [1.807, 2.05) is 0 Å². The molecule has 1 fully saturated rings. The molecule has 0 spiro atoms. The number of hydrogen-bond acceptors (Lipinski definition) is 0. The molecule has 1 unspecified atom stereocenters. The Hall–Kier alpha value is -1.44. The van der Waals surface area contributed by atoms with Crippen molar-refractivity contribution >= 4 is 5.57 Å². The minimum absolute atomic E-state index is 0.716. The lowest BCUT2D eigenvalue weighted by atomic mass is 9.71. The average Bonchev–Trinajstić information content (AvgIpc) is 2.58. The highest BCUT2D eigenvalue weighted by molar-refractivity contribution is 5.66. The summed E-state index contributed by atoms with van der Waals surface area (Å²) in [6, 6.07) is 4.25. The van der Waals surface area contributed by atoms with E-state index in [2.05, 4.69) is 18.7 Å². The van der Waals surface area contributed by atoms with Crippen LogP contribution in [0.3, 0.4) is 0 Å². The summed E-state index contributed by atoms with van der Waals surface area (Å²) in [7, 11) is 0. The predicted octanol–water partition coefficient (Wildman–Crippen LogP) is 6.14. The molecule has 1 atom stereocenters. The predicted molar refractivity (Wildman–Crippen MR) is 87.3 cm³/mol. The summed E-state index contributed by atoms with van der Waals surface area (Å²) < 4.78 is 26.4. The van der Waals surface area contributed by atoms with Gasteiger partial charge in [-0.3, -0.25) is 0 Å². The lowest BCUT2D eigenvalue weighted by Crippen LogP contribution is -2.22. The van der Waals surface area contributed by atoms with Gasteiger partial charge in [-0.2, -0.15) is 0 Å². The van der Waals surface area contributed by atoms with E-state index in [0.29, 0.717) is 5.92 Å². The zero-order chi connectivity index (χ0) is 15.5. The van der Waals surface area contributed by atoms with Crippen molar-refractivity contribution in [2.75, 3.05) is 0 Å². The molecule has 0 heterocycles. The second-order valence-electron chi connectivity index (χ2n) is 6.80. The van der Waals surface area contributed by atoms with E-state index in [-0.39, 0.29) is 0 Å². The minimum Gasteiger partial charge on any atom is -0.204 e.